The van der Waals surface area contributed by atoms with E-state index in [9.17, 15) is 4.79 Å². The van der Waals surface area contributed by atoms with Crippen molar-refractivity contribution in [3.8, 4) is 22.1 Å². The number of rotatable bonds is 6. The van der Waals surface area contributed by atoms with Crippen LogP contribution in [0.2, 0.25) is 0 Å². The number of carbonyl (C=O) groups excluding carboxylic acids is 1. The van der Waals surface area contributed by atoms with Gasteiger partial charge in [0.15, 0.2) is 0 Å². The van der Waals surface area contributed by atoms with Crippen molar-refractivity contribution in [2.24, 2.45) is 0 Å². The van der Waals surface area contributed by atoms with E-state index in [1.165, 1.54) is 11.3 Å². The number of hydrogen-bond acceptors (Lipinski definition) is 6. The van der Waals surface area contributed by atoms with E-state index >= 15 is 0 Å². The van der Waals surface area contributed by atoms with E-state index < -0.39 is 0 Å². The summed E-state index contributed by atoms with van der Waals surface area (Å²) in [5.74, 6) is 1.13. The highest BCUT2D eigenvalue weighted by Crippen LogP contribution is 2.31. The van der Waals surface area contributed by atoms with E-state index in [0.717, 1.165) is 10.6 Å². The van der Waals surface area contributed by atoms with Crippen LogP contribution in [-0.4, -0.2) is 31.8 Å². The van der Waals surface area contributed by atoms with Crippen LogP contribution in [0.5, 0.6) is 11.5 Å². The standard InChI is InChI=1S/C15H17NO4S/c1-4-20-14(17)7-11-9-21-15(16-11)10-5-12(18-2)8-13(6-10)19-3/h5-6,8-9H,4,7H2,1-3H3. The van der Waals surface area contributed by atoms with Crippen molar-refractivity contribution >= 4 is 17.3 Å². The van der Waals surface area contributed by atoms with E-state index in [1.54, 1.807) is 27.2 Å². The lowest BCUT2D eigenvalue weighted by Crippen LogP contribution is -2.07. The Morgan fingerprint density at radius 1 is 1.19 bits per heavy atom. The van der Waals surface area contributed by atoms with Crippen LogP contribution < -0.4 is 9.47 Å². The van der Waals surface area contributed by atoms with Gasteiger partial charge in [0, 0.05) is 17.0 Å². The molecular formula is C15H17NO4S. The van der Waals surface area contributed by atoms with Gasteiger partial charge in [0.05, 0.1) is 32.9 Å². The SMILES string of the molecule is CCOC(=O)Cc1csc(-c2cc(OC)cc(OC)c2)n1. The molecular weight excluding hydrogens is 290 g/mol. The molecule has 0 spiro atoms. The van der Waals surface area contributed by atoms with Crippen molar-refractivity contribution in [2.75, 3.05) is 20.8 Å². The molecule has 0 saturated heterocycles. The number of carbonyl (C=O) groups is 1. The van der Waals surface area contributed by atoms with E-state index in [0.29, 0.717) is 23.8 Å². The summed E-state index contributed by atoms with van der Waals surface area (Å²) < 4.78 is 15.4. The van der Waals surface area contributed by atoms with Gasteiger partial charge in [-0.3, -0.25) is 4.79 Å². The lowest BCUT2D eigenvalue weighted by Gasteiger charge is -2.06. The number of hydrogen-bond donors (Lipinski definition) is 0. The summed E-state index contributed by atoms with van der Waals surface area (Å²) in [5, 5.41) is 2.67. The van der Waals surface area contributed by atoms with Crippen LogP contribution in [0.1, 0.15) is 12.6 Å². The molecule has 1 heterocycles. The Hall–Kier alpha value is -2.08. The van der Waals surface area contributed by atoms with Crippen molar-refractivity contribution in [3.63, 3.8) is 0 Å². The molecule has 0 saturated carbocycles. The van der Waals surface area contributed by atoms with Gasteiger partial charge in [-0.2, -0.15) is 0 Å². The van der Waals surface area contributed by atoms with Crippen molar-refractivity contribution < 1.29 is 19.0 Å². The minimum Gasteiger partial charge on any atom is -0.497 e. The first-order chi connectivity index (χ1) is 10.2. The number of benzene rings is 1. The van der Waals surface area contributed by atoms with Crippen molar-refractivity contribution in [1.29, 1.82) is 0 Å². The molecule has 6 heteroatoms. The normalized spacial score (nSPS) is 10.2. The zero-order valence-electron chi connectivity index (χ0n) is 12.2. The maximum atomic E-state index is 11.5. The summed E-state index contributed by atoms with van der Waals surface area (Å²) in [6, 6.07) is 5.57. The van der Waals surface area contributed by atoms with Gasteiger partial charge in [0.25, 0.3) is 0 Å². The Bertz CT molecular complexity index is 602. The van der Waals surface area contributed by atoms with E-state index in [1.807, 2.05) is 17.5 Å². The smallest absolute Gasteiger partial charge is 0.311 e. The predicted octanol–water partition coefficient (Wildman–Crippen LogP) is 2.93. The molecule has 0 amide bonds. The molecule has 2 rings (SSSR count). The van der Waals surface area contributed by atoms with Crippen molar-refractivity contribution in [2.45, 2.75) is 13.3 Å². The monoisotopic (exact) mass is 307 g/mol. The third-order valence-corrected chi connectivity index (χ3v) is 3.72. The summed E-state index contributed by atoms with van der Waals surface area (Å²) in [5.41, 5.74) is 1.60. The van der Waals surface area contributed by atoms with Gasteiger partial charge in [0.2, 0.25) is 0 Å². The minimum atomic E-state index is -0.266. The van der Waals surface area contributed by atoms with Crippen molar-refractivity contribution in [1.82, 2.24) is 4.98 Å². The number of methoxy groups -OCH3 is 2. The molecule has 0 unspecified atom stereocenters. The lowest BCUT2D eigenvalue weighted by atomic mass is 10.2. The Kier molecular flexibility index (Phi) is 5.16. The van der Waals surface area contributed by atoms with Gasteiger partial charge in [-0.25, -0.2) is 4.98 Å². The van der Waals surface area contributed by atoms with E-state index in [-0.39, 0.29) is 12.4 Å². The minimum absolute atomic E-state index is 0.186. The first kappa shape index (κ1) is 15.3. The second kappa shape index (κ2) is 7.08. The van der Waals surface area contributed by atoms with Crippen LogP contribution in [0.4, 0.5) is 0 Å². The van der Waals surface area contributed by atoms with Gasteiger partial charge in [0.1, 0.15) is 16.5 Å². The van der Waals surface area contributed by atoms with E-state index in [2.05, 4.69) is 4.98 Å². The molecule has 1 aromatic heterocycles. The summed E-state index contributed by atoms with van der Waals surface area (Å²) in [4.78, 5) is 15.9. The Balaban J connectivity index is 2.22. The average molecular weight is 307 g/mol. The molecule has 2 aromatic rings. The molecule has 0 N–H and O–H groups in total. The fourth-order valence-electron chi connectivity index (χ4n) is 1.81. The number of ether oxygens (including phenoxy) is 3. The highest BCUT2D eigenvalue weighted by molar-refractivity contribution is 7.13. The molecule has 112 valence electrons. The van der Waals surface area contributed by atoms with Gasteiger partial charge in [-0.15, -0.1) is 11.3 Å². The first-order valence-electron chi connectivity index (χ1n) is 6.49. The molecule has 1 aromatic carbocycles. The fourth-order valence-corrected chi connectivity index (χ4v) is 2.62. The third kappa shape index (κ3) is 3.95. The first-order valence-corrected chi connectivity index (χ1v) is 7.37. The maximum Gasteiger partial charge on any atom is 0.311 e. The largest absolute Gasteiger partial charge is 0.497 e. The zero-order valence-corrected chi connectivity index (χ0v) is 13.0. The molecule has 0 aliphatic heterocycles. The molecule has 0 bridgehead atoms. The topological polar surface area (TPSA) is 57.7 Å². The van der Waals surface area contributed by atoms with Crippen LogP contribution in [0.25, 0.3) is 10.6 Å². The lowest BCUT2D eigenvalue weighted by molar-refractivity contribution is -0.142. The van der Waals surface area contributed by atoms with Crippen LogP contribution in [0, 0.1) is 0 Å². The van der Waals surface area contributed by atoms with Gasteiger partial charge in [-0.05, 0) is 19.1 Å². The quantitative estimate of drug-likeness (QED) is 0.768. The molecule has 21 heavy (non-hydrogen) atoms. The van der Waals surface area contributed by atoms with Crippen LogP contribution in [0.3, 0.4) is 0 Å². The molecule has 0 aliphatic carbocycles. The van der Waals surface area contributed by atoms with Gasteiger partial charge >= 0.3 is 5.97 Å². The Morgan fingerprint density at radius 2 is 1.86 bits per heavy atom. The summed E-state index contributed by atoms with van der Waals surface area (Å²) in [6.07, 6.45) is 0.186. The molecule has 5 nitrogen and oxygen atoms in total. The Labute approximate surface area is 127 Å². The zero-order chi connectivity index (χ0) is 15.2. The van der Waals surface area contributed by atoms with Gasteiger partial charge < -0.3 is 14.2 Å². The molecule has 0 aliphatic rings. The van der Waals surface area contributed by atoms with Crippen LogP contribution in [-0.2, 0) is 16.0 Å². The number of thiazole rings is 1. The van der Waals surface area contributed by atoms with Crippen LogP contribution >= 0.6 is 11.3 Å². The molecule has 0 radical (unpaired) electrons. The molecule has 0 fully saturated rings. The second-order valence-electron chi connectivity index (χ2n) is 4.23. The number of esters is 1. The number of aromatic nitrogens is 1. The Morgan fingerprint density at radius 3 is 2.43 bits per heavy atom. The number of nitrogens with zero attached hydrogens (tertiary/aromatic N) is 1. The maximum absolute atomic E-state index is 11.5. The van der Waals surface area contributed by atoms with E-state index in [4.69, 9.17) is 14.2 Å². The third-order valence-electron chi connectivity index (χ3n) is 2.78. The second-order valence-corrected chi connectivity index (χ2v) is 5.09. The summed E-state index contributed by atoms with van der Waals surface area (Å²) in [7, 11) is 3.21. The summed E-state index contributed by atoms with van der Waals surface area (Å²) in [6.45, 7) is 2.16. The summed E-state index contributed by atoms with van der Waals surface area (Å²) >= 11 is 1.47. The average Bonchev–Trinajstić information content (AvgIpc) is 2.95. The fraction of sp³-hybridized carbons (Fsp3) is 0.333. The van der Waals surface area contributed by atoms with Gasteiger partial charge in [-0.1, -0.05) is 0 Å². The molecule has 0 atom stereocenters. The van der Waals surface area contributed by atoms with Crippen molar-refractivity contribution in [3.05, 3.63) is 29.3 Å². The highest BCUT2D eigenvalue weighted by Gasteiger charge is 2.11. The highest BCUT2D eigenvalue weighted by atomic mass is 32.1. The predicted molar refractivity (Wildman–Crippen MR) is 81.0 cm³/mol. The van der Waals surface area contributed by atoms with Crippen LogP contribution in [0.15, 0.2) is 23.6 Å².